The molecule has 2 atom stereocenters. The van der Waals surface area contributed by atoms with Crippen LogP contribution in [0.5, 0.6) is 5.75 Å². The van der Waals surface area contributed by atoms with E-state index in [1.165, 1.54) is 30.5 Å². The molecular weight excluding hydrogens is 426 g/mol. The summed E-state index contributed by atoms with van der Waals surface area (Å²) in [6.07, 6.45) is 9.12. The molecule has 1 saturated heterocycles. The number of aromatic nitrogens is 1. The molecule has 0 amide bonds. The zero-order valence-corrected chi connectivity index (χ0v) is 21.1. The molecular formula is C28H41N3O3. The number of likely N-dealkylation sites (tertiary alicyclic amines) is 1. The number of ether oxygens (including phenoxy) is 1. The van der Waals surface area contributed by atoms with Crippen LogP contribution in [0.25, 0.3) is 0 Å². The molecule has 0 saturated carbocycles. The Morgan fingerprint density at radius 1 is 1.21 bits per heavy atom. The molecule has 2 unspecified atom stereocenters. The van der Waals surface area contributed by atoms with Crippen LogP contribution in [0.4, 0.5) is 5.82 Å². The zero-order valence-electron chi connectivity index (χ0n) is 21.1. The second kappa shape index (κ2) is 13.3. The minimum absolute atomic E-state index is 0.567. The monoisotopic (exact) mass is 467 g/mol. The van der Waals surface area contributed by atoms with Gasteiger partial charge < -0.3 is 15.2 Å². The van der Waals surface area contributed by atoms with E-state index in [1.807, 2.05) is 38.1 Å². The molecule has 2 aliphatic rings. The van der Waals surface area contributed by atoms with Crippen molar-refractivity contribution in [1.29, 1.82) is 0 Å². The van der Waals surface area contributed by atoms with Crippen molar-refractivity contribution >= 4 is 11.8 Å². The van der Waals surface area contributed by atoms with Crippen molar-refractivity contribution in [3.63, 3.8) is 0 Å². The van der Waals surface area contributed by atoms with Gasteiger partial charge in [0, 0.05) is 24.3 Å². The average molecular weight is 468 g/mol. The van der Waals surface area contributed by atoms with Crippen LogP contribution in [-0.2, 0) is 17.6 Å². The van der Waals surface area contributed by atoms with Gasteiger partial charge in [0.2, 0.25) is 0 Å². The van der Waals surface area contributed by atoms with E-state index in [9.17, 15) is 9.90 Å². The molecule has 186 valence electrons. The fourth-order valence-electron chi connectivity index (χ4n) is 5.13. The summed E-state index contributed by atoms with van der Waals surface area (Å²) in [5.74, 6) is 1.50. The van der Waals surface area contributed by atoms with Gasteiger partial charge in [-0.2, -0.15) is 0 Å². The van der Waals surface area contributed by atoms with Gasteiger partial charge in [-0.3, -0.25) is 9.69 Å². The number of rotatable bonds is 10. The minimum atomic E-state index is -0.804. The fourth-order valence-corrected chi connectivity index (χ4v) is 5.13. The standard InChI is InChI=1S/C26H35N3O3.C2H6/c1-32-23-12-6-5-11-22(23)24(26(30)31)29-17-15-19(18-29)8-3-2-4-10-21-14-13-20-9-7-16-27-25(20)28-21;1-2/h5-6,11-14,19,24H,2-4,7-10,15-18H2,1H3,(H,27,28)(H,30,31);1-2H3. The number of carbonyl (C=O) groups is 1. The third-order valence-electron chi connectivity index (χ3n) is 6.85. The summed E-state index contributed by atoms with van der Waals surface area (Å²) >= 11 is 0. The highest BCUT2D eigenvalue weighted by molar-refractivity contribution is 5.76. The molecule has 0 bridgehead atoms. The summed E-state index contributed by atoms with van der Waals surface area (Å²) in [6.45, 7) is 6.69. The first-order chi connectivity index (χ1) is 16.7. The Labute approximate surface area is 204 Å². The number of nitrogens with one attached hydrogen (secondary N) is 1. The Bertz CT molecular complexity index is 918. The lowest BCUT2D eigenvalue weighted by Gasteiger charge is -2.26. The quantitative estimate of drug-likeness (QED) is 0.435. The van der Waals surface area contributed by atoms with Gasteiger partial charge in [-0.1, -0.05) is 51.0 Å². The molecule has 0 spiro atoms. The van der Waals surface area contributed by atoms with Crippen molar-refractivity contribution in [2.45, 2.75) is 71.3 Å². The maximum Gasteiger partial charge on any atom is 0.325 e. The number of carboxylic acid groups (broad SMARTS) is 1. The number of para-hydroxylation sites is 1. The van der Waals surface area contributed by atoms with Gasteiger partial charge in [0.1, 0.15) is 17.6 Å². The van der Waals surface area contributed by atoms with Gasteiger partial charge in [-0.25, -0.2) is 4.98 Å². The van der Waals surface area contributed by atoms with Gasteiger partial charge in [0.25, 0.3) is 0 Å². The fraction of sp³-hybridized carbons (Fsp3) is 0.571. The number of aliphatic carboxylic acids is 1. The molecule has 3 heterocycles. The summed E-state index contributed by atoms with van der Waals surface area (Å²) in [4.78, 5) is 19.0. The molecule has 2 aromatic rings. The van der Waals surface area contributed by atoms with E-state index in [-0.39, 0.29) is 0 Å². The highest BCUT2D eigenvalue weighted by Crippen LogP contribution is 2.34. The average Bonchev–Trinajstić information content (AvgIpc) is 3.33. The number of hydrogen-bond acceptors (Lipinski definition) is 5. The molecule has 4 rings (SSSR count). The second-order valence-electron chi connectivity index (χ2n) is 9.07. The van der Waals surface area contributed by atoms with Crippen LogP contribution < -0.4 is 10.1 Å². The van der Waals surface area contributed by atoms with Gasteiger partial charge in [0.05, 0.1) is 7.11 Å². The number of unbranched alkanes of at least 4 members (excludes halogenated alkanes) is 2. The summed E-state index contributed by atoms with van der Waals surface area (Å²) in [5.41, 5.74) is 3.28. The predicted molar refractivity (Wildman–Crippen MR) is 138 cm³/mol. The maximum absolute atomic E-state index is 12.1. The minimum Gasteiger partial charge on any atom is -0.496 e. The van der Waals surface area contributed by atoms with E-state index >= 15 is 0 Å². The highest BCUT2D eigenvalue weighted by Gasteiger charge is 2.34. The van der Waals surface area contributed by atoms with Crippen molar-refractivity contribution < 1.29 is 14.6 Å². The SMILES string of the molecule is CC.COc1ccccc1C(C(=O)O)N1CCC(CCCCCc2ccc3c(n2)NCCC3)C1. The molecule has 1 fully saturated rings. The van der Waals surface area contributed by atoms with Crippen molar-refractivity contribution in [3.05, 3.63) is 53.2 Å². The van der Waals surface area contributed by atoms with Crippen molar-refractivity contribution in [1.82, 2.24) is 9.88 Å². The molecule has 0 radical (unpaired) electrons. The number of anilines is 1. The first kappa shape index (κ1) is 26.0. The first-order valence-corrected chi connectivity index (χ1v) is 13.0. The second-order valence-corrected chi connectivity index (χ2v) is 9.07. The predicted octanol–water partition coefficient (Wildman–Crippen LogP) is 5.73. The zero-order chi connectivity index (χ0) is 24.3. The Hall–Kier alpha value is -2.60. The van der Waals surface area contributed by atoms with Crippen LogP contribution in [0.2, 0.25) is 0 Å². The van der Waals surface area contributed by atoms with E-state index in [0.29, 0.717) is 11.7 Å². The number of hydrogen-bond donors (Lipinski definition) is 2. The van der Waals surface area contributed by atoms with E-state index in [0.717, 1.165) is 63.1 Å². The molecule has 1 aromatic heterocycles. The molecule has 0 aliphatic carbocycles. The third kappa shape index (κ3) is 6.72. The summed E-state index contributed by atoms with van der Waals surface area (Å²) in [6, 6.07) is 11.3. The Kier molecular flexibility index (Phi) is 10.2. The summed E-state index contributed by atoms with van der Waals surface area (Å²) in [5, 5.41) is 13.3. The number of benzene rings is 1. The van der Waals surface area contributed by atoms with Crippen LogP contribution in [0, 0.1) is 5.92 Å². The number of aryl methyl sites for hydroxylation is 2. The van der Waals surface area contributed by atoms with Crippen molar-refractivity contribution in [2.24, 2.45) is 5.92 Å². The molecule has 6 nitrogen and oxygen atoms in total. The van der Waals surface area contributed by atoms with E-state index in [4.69, 9.17) is 9.72 Å². The topological polar surface area (TPSA) is 74.7 Å². The molecule has 34 heavy (non-hydrogen) atoms. The summed E-state index contributed by atoms with van der Waals surface area (Å²) in [7, 11) is 1.60. The lowest BCUT2D eigenvalue weighted by atomic mass is 9.99. The van der Waals surface area contributed by atoms with Gasteiger partial charge in [0.15, 0.2) is 0 Å². The Morgan fingerprint density at radius 3 is 2.82 bits per heavy atom. The molecule has 2 aliphatic heterocycles. The number of carboxylic acids is 1. The first-order valence-electron chi connectivity index (χ1n) is 13.0. The molecule has 1 aromatic carbocycles. The molecule has 2 N–H and O–H groups in total. The van der Waals surface area contributed by atoms with Crippen LogP contribution in [0.1, 0.15) is 75.2 Å². The Balaban J connectivity index is 0.00000158. The summed E-state index contributed by atoms with van der Waals surface area (Å²) < 4.78 is 5.42. The van der Waals surface area contributed by atoms with Crippen LogP contribution in [-0.4, -0.2) is 47.7 Å². The number of methoxy groups -OCH3 is 1. The highest BCUT2D eigenvalue weighted by atomic mass is 16.5. The Morgan fingerprint density at radius 2 is 2.03 bits per heavy atom. The van der Waals surface area contributed by atoms with E-state index < -0.39 is 12.0 Å². The smallest absolute Gasteiger partial charge is 0.325 e. The molecule has 6 heteroatoms. The van der Waals surface area contributed by atoms with Crippen molar-refractivity contribution in [3.8, 4) is 5.75 Å². The van der Waals surface area contributed by atoms with Gasteiger partial charge >= 0.3 is 5.97 Å². The van der Waals surface area contributed by atoms with Gasteiger partial charge in [-0.05, 0) is 68.7 Å². The van der Waals surface area contributed by atoms with Gasteiger partial charge in [-0.15, -0.1) is 0 Å². The number of nitrogens with zero attached hydrogens (tertiary/aromatic N) is 2. The third-order valence-corrected chi connectivity index (χ3v) is 6.85. The maximum atomic E-state index is 12.1. The van der Waals surface area contributed by atoms with E-state index in [2.05, 4.69) is 22.3 Å². The largest absolute Gasteiger partial charge is 0.496 e. The number of fused-ring (bicyclic) bond motifs is 1. The lowest BCUT2D eigenvalue weighted by molar-refractivity contribution is -0.143. The van der Waals surface area contributed by atoms with Crippen LogP contribution in [0.3, 0.4) is 0 Å². The lowest BCUT2D eigenvalue weighted by Crippen LogP contribution is -2.32. The van der Waals surface area contributed by atoms with E-state index in [1.54, 1.807) is 7.11 Å². The number of pyridine rings is 1. The normalized spacial score (nSPS) is 18.3. The van der Waals surface area contributed by atoms with Crippen molar-refractivity contribution in [2.75, 3.05) is 32.1 Å². The van der Waals surface area contributed by atoms with Crippen LogP contribution in [0.15, 0.2) is 36.4 Å². The van der Waals surface area contributed by atoms with Crippen LogP contribution >= 0.6 is 0 Å².